The van der Waals surface area contributed by atoms with Crippen molar-refractivity contribution < 1.29 is 38.1 Å². The van der Waals surface area contributed by atoms with Crippen molar-refractivity contribution in [3.05, 3.63) is 84.2 Å². The first kappa shape index (κ1) is 25.1. The Hall–Kier alpha value is -4.13. The molecule has 2 atom stereocenters. The van der Waals surface area contributed by atoms with E-state index in [1.807, 2.05) is 0 Å². The number of hydrogen-bond acceptors (Lipinski definition) is 7. The minimum Gasteiger partial charge on any atom is -0.478 e. The number of nitrogens with zero attached hydrogens (tertiary/aromatic N) is 5. The van der Waals surface area contributed by atoms with E-state index in [0.29, 0.717) is 18.2 Å². The van der Waals surface area contributed by atoms with Crippen LogP contribution in [0.5, 0.6) is 0 Å². The highest BCUT2D eigenvalue weighted by Gasteiger charge is 2.41. The zero-order chi connectivity index (χ0) is 24.6. The third-order valence-electron chi connectivity index (χ3n) is 4.46. The fourth-order valence-electron chi connectivity index (χ4n) is 2.87. The molecule has 2 aromatic heterocycles. The molecule has 13 heteroatoms. The maximum Gasteiger partial charge on any atom is 0.328 e. The Balaban J connectivity index is 0.000000414. The molecule has 3 aromatic rings. The van der Waals surface area contributed by atoms with Crippen LogP contribution in [0.25, 0.3) is 0 Å². The molecule has 10 nitrogen and oxygen atoms in total. The van der Waals surface area contributed by atoms with Crippen molar-refractivity contribution >= 4 is 11.9 Å². The maximum absolute atomic E-state index is 14.4. The van der Waals surface area contributed by atoms with Crippen molar-refractivity contribution in [2.24, 2.45) is 0 Å². The second-order valence-corrected chi connectivity index (χ2v) is 6.63. The molecule has 33 heavy (non-hydrogen) atoms. The Morgan fingerprint density at radius 2 is 1.76 bits per heavy atom. The van der Waals surface area contributed by atoms with Crippen molar-refractivity contribution in [1.82, 2.24) is 24.7 Å². The average molecular weight is 465 g/mol. The quantitative estimate of drug-likeness (QED) is 0.444. The van der Waals surface area contributed by atoms with E-state index >= 15 is 0 Å². The molecule has 0 fully saturated rings. The van der Waals surface area contributed by atoms with Gasteiger partial charge >= 0.3 is 11.9 Å². The standard InChI is InChI=1S/C16H14F3N5O.C4H4O4/c1-10(15-14(19)5-20-7-22-15)16(25,6-24-9-21-8-23-24)12-3-2-11(17)4-13(12)18;5-3(6)1-2-4(7)8/h2-5,7-10,25H,6H2,1H3;1-2H,(H,5,6)(H,7,8)/b;2-1+/t10-,16+;/m0./s1. The molecular formula is C20H18F3N5O5. The van der Waals surface area contributed by atoms with Crippen LogP contribution in [0.1, 0.15) is 24.1 Å². The molecule has 1 aromatic carbocycles. The van der Waals surface area contributed by atoms with Crippen LogP contribution in [-0.4, -0.2) is 52.0 Å². The van der Waals surface area contributed by atoms with Gasteiger partial charge in [0, 0.05) is 29.7 Å². The summed E-state index contributed by atoms with van der Waals surface area (Å²) in [6, 6.07) is 2.80. The molecule has 3 N–H and O–H groups in total. The SMILES string of the molecule is C[C@@H](c1ncncc1F)[C@](O)(Cn1cncn1)c1ccc(F)cc1F.O=C(O)/C=C/C(=O)O. The highest BCUT2D eigenvalue weighted by molar-refractivity contribution is 5.89. The van der Waals surface area contributed by atoms with Crippen LogP contribution in [0, 0.1) is 17.5 Å². The van der Waals surface area contributed by atoms with Crippen molar-refractivity contribution in [2.45, 2.75) is 25.0 Å². The number of halogens is 3. The van der Waals surface area contributed by atoms with Gasteiger partial charge in [0.15, 0.2) is 5.82 Å². The summed E-state index contributed by atoms with van der Waals surface area (Å²) in [7, 11) is 0. The molecule has 0 saturated heterocycles. The first-order valence-electron chi connectivity index (χ1n) is 9.14. The predicted octanol–water partition coefficient (Wildman–Crippen LogP) is 1.89. The summed E-state index contributed by atoms with van der Waals surface area (Å²) in [4.78, 5) is 30.3. The highest BCUT2D eigenvalue weighted by atomic mass is 19.1. The number of carbonyl (C=O) groups is 2. The van der Waals surface area contributed by atoms with Crippen LogP contribution >= 0.6 is 0 Å². The van der Waals surface area contributed by atoms with E-state index in [-0.39, 0.29) is 17.8 Å². The van der Waals surface area contributed by atoms with Gasteiger partial charge in [-0.2, -0.15) is 5.10 Å². The summed E-state index contributed by atoms with van der Waals surface area (Å²) in [5, 5.41) is 30.8. The monoisotopic (exact) mass is 465 g/mol. The Kier molecular flexibility index (Phi) is 8.34. The highest BCUT2D eigenvalue weighted by Crippen LogP contribution is 2.39. The van der Waals surface area contributed by atoms with Crippen LogP contribution in [0.15, 0.2) is 55.5 Å². The summed E-state index contributed by atoms with van der Waals surface area (Å²) in [5.41, 5.74) is -2.25. The molecule has 3 rings (SSSR count). The first-order chi connectivity index (χ1) is 15.5. The van der Waals surface area contributed by atoms with Gasteiger partial charge < -0.3 is 15.3 Å². The molecule has 0 saturated carbocycles. The minimum atomic E-state index is -1.96. The Morgan fingerprint density at radius 1 is 1.09 bits per heavy atom. The summed E-state index contributed by atoms with van der Waals surface area (Å²) in [6.07, 6.45) is 5.78. The van der Waals surface area contributed by atoms with Crippen LogP contribution in [-0.2, 0) is 21.7 Å². The lowest BCUT2D eigenvalue weighted by Gasteiger charge is -2.34. The van der Waals surface area contributed by atoms with E-state index in [1.54, 1.807) is 0 Å². The topological polar surface area (TPSA) is 151 Å². The minimum absolute atomic E-state index is 0.0960. The van der Waals surface area contributed by atoms with Crippen molar-refractivity contribution in [1.29, 1.82) is 0 Å². The predicted molar refractivity (Wildman–Crippen MR) is 105 cm³/mol. The largest absolute Gasteiger partial charge is 0.478 e. The van der Waals surface area contributed by atoms with E-state index in [9.17, 15) is 27.9 Å². The molecule has 0 aliphatic carbocycles. The number of aromatic nitrogens is 5. The molecule has 0 bridgehead atoms. The van der Waals surface area contributed by atoms with E-state index in [4.69, 9.17) is 10.2 Å². The van der Waals surface area contributed by atoms with Crippen molar-refractivity contribution in [3.63, 3.8) is 0 Å². The van der Waals surface area contributed by atoms with Gasteiger partial charge in [-0.15, -0.1) is 0 Å². The van der Waals surface area contributed by atoms with Crippen molar-refractivity contribution in [3.8, 4) is 0 Å². The number of aliphatic hydroxyl groups is 1. The van der Waals surface area contributed by atoms with Gasteiger partial charge in [0.1, 0.15) is 36.2 Å². The first-order valence-corrected chi connectivity index (χ1v) is 9.14. The lowest BCUT2D eigenvalue weighted by molar-refractivity contribution is -0.134. The normalized spacial score (nSPS) is 13.6. The van der Waals surface area contributed by atoms with Crippen molar-refractivity contribution in [2.75, 3.05) is 0 Å². The number of carboxylic acids is 2. The summed E-state index contributed by atoms with van der Waals surface area (Å²) >= 11 is 0. The summed E-state index contributed by atoms with van der Waals surface area (Å²) < 4.78 is 43.0. The fourth-order valence-corrected chi connectivity index (χ4v) is 2.87. The third-order valence-corrected chi connectivity index (χ3v) is 4.46. The molecule has 0 radical (unpaired) electrons. The number of hydrogen-bond donors (Lipinski definition) is 3. The van der Waals surface area contributed by atoms with Gasteiger partial charge in [-0.3, -0.25) is 0 Å². The molecule has 0 amide bonds. The molecule has 0 unspecified atom stereocenters. The molecule has 0 spiro atoms. The molecule has 0 aliphatic rings. The number of benzene rings is 1. The summed E-state index contributed by atoms with van der Waals surface area (Å²) in [6.45, 7) is 1.26. The van der Waals surface area contributed by atoms with Gasteiger partial charge in [0.25, 0.3) is 0 Å². The lowest BCUT2D eigenvalue weighted by atomic mass is 9.79. The van der Waals surface area contributed by atoms with E-state index in [1.165, 1.54) is 24.3 Å². The average Bonchev–Trinajstić information content (AvgIpc) is 3.25. The number of rotatable bonds is 7. The number of carboxylic acid groups (broad SMARTS) is 2. The van der Waals surface area contributed by atoms with E-state index in [0.717, 1.165) is 24.7 Å². The van der Waals surface area contributed by atoms with Gasteiger partial charge in [0.05, 0.1) is 18.4 Å². The Morgan fingerprint density at radius 3 is 2.27 bits per heavy atom. The van der Waals surface area contributed by atoms with Gasteiger partial charge in [-0.1, -0.05) is 13.0 Å². The molecular weight excluding hydrogens is 447 g/mol. The van der Waals surface area contributed by atoms with Gasteiger partial charge in [-0.25, -0.2) is 42.4 Å². The molecule has 2 heterocycles. The van der Waals surface area contributed by atoms with Crippen LogP contribution in [0.3, 0.4) is 0 Å². The lowest BCUT2D eigenvalue weighted by Crippen LogP contribution is -2.39. The maximum atomic E-state index is 14.4. The molecule has 174 valence electrons. The van der Waals surface area contributed by atoms with Gasteiger partial charge in [-0.05, 0) is 6.07 Å². The summed E-state index contributed by atoms with van der Waals surface area (Å²) in [5.74, 6) is -5.98. The van der Waals surface area contributed by atoms with Gasteiger partial charge in [0.2, 0.25) is 0 Å². The number of aliphatic carboxylic acids is 2. The third kappa shape index (κ3) is 6.67. The Bertz CT molecular complexity index is 1130. The van der Waals surface area contributed by atoms with Crippen LogP contribution < -0.4 is 0 Å². The van der Waals surface area contributed by atoms with E-state index < -0.39 is 40.9 Å². The zero-order valence-corrected chi connectivity index (χ0v) is 17.0. The van der Waals surface area contributed by atoms with Crippen LogP contribution in [0.4, 0.5) is 13.2 Å². The second kappa shape index (κ2) is 10.9. The Labute approximate surface area is 184 Å². The smallest absolute Gasteiger partial charge is 0.328 e. The fraction of sp³-hybridized carbons (Fsp3) is 0.200. The van der Waals surface area contributed by atoms with Crippen LogP contribution in [0.2, 0.25) is 0 Å². The zero-order valence-electron chi connectivity index (χ0n) is 17.0. The molecule has 0 aliphatic heterocycles. The second-order valence-electron chi connectivity index (χ2n) is 6.63. The van der Waals surface area contributed by atoms with E-state index in [2.05, 4.69) is 20.1 Å².